The largest absolute Gasteiger partial charge is 0.381 e. The topological polar surface area (TPSA) is 47.6 Å². The predicted octanol–water partition coefficient (Wildman–Crippen LogP) is 1.69. The Kier molecular flexibility index (Phi) is 6.46. The number of rotatable bonds is 6. The molecule has 4 nitrogen and oxygen atoms in total. The molecule has 2 atom stereocenters. The molecule has 0 bridgehead atoms. The van der Waals surface area contributed by atoms with Crippen molar-refractivity contribution < 1.29 is 14.3 Å². The van der Waals surface area contributed by atoms with Crippen LogP contribution in [-0.4, -0.2) is 49.9 Å². The SMILES string of the molecule is COC1(C(C)NC(=O)C(C)CSC)CCOCC1. The van der Waals surface area contributed by atoms with E-state index in [1.54, 1.807) is 18.9 Å². The van der Waals surface area contributed by atoms with Crippen LogP contribution in [-0.2, 0) is 14.3 Å². The first kappa shape index (κ1) is 15.8. The zero-order valence-corrected chi connectivity index (χ0v) is 12.6. The molecule has 1 rings (SSSR count). The van der Waals surface area contributed by atoms with E-state index in [0.717, 1.165) is 18.6 Å². The van der Waals surface area contributed by atoms with Crippen LogP contribution < -0.4 is 5.32 Å². The molecule has 1 saturated heterocycles. The molecule has 18 heavy (non-hydrogen) atoms. The van der Waals surface area contributed by atoms with Gasteiger partial charge in [0.2, 0.25) is 5.91 Å². The smallest absolute Gasteiger partial charge is 0.223 e. The van der Waals surface area contributed by atoms with Crippen LogP contribution in [0, 0.1) is 5.92 Å². The highest BCUT2D eigenvalue weighted by molar-refractivity contribution is 7.98. The Bertz CT molecular complexity index is 267. The molecule has 1 fully saturated rings. The van der Waals surface area contributed by atoms with E-state index in [9.17, 15) is 4.79 Å². The lowest BCUT2D eigenvalue weighted by molar-refractivity contribution is -0.133. The van der Waals surface area contributed by atoms with Crippen LogP contribution in [0.4, 0.5) is 0 Å². The summed E-state index contributed by atoms with van der Waals surface area (Å²) in [6.45, 7) is 5.39. The monoisotopic (exact) mass is 275 g/mol. The molecular formula is C13H25NO3S. The molecule has 1 N–H and O–H groups in total. The number of thioether (sulfide) groups is 1. The van der Waals surface area contributed by atoms with E-state index in [1.807, 2.05) is 20.1 Å². The van der Waals surface area contributed by atoms with Crippen LogP contribution in [0.2, 0.25) is 0 Å². The van der Waals surface area contributed by atoms with Crippen molar-refractivity contribution in [3.63, 3.8) is 0 Å². The van der Waals surface area contributed by atoms with Gasteiger partial charge in [-0.1, -0.05) is 6.92 Å². The van der Waals surface area contributed by atoms with E-state index in [2.05, 4.69) is 5.32 Å². The molecule has 1 aliphatic heterocycles. The number of carbonyl (C=O) groups excluding carboxylic acids is 1. The van der Waals surface area contributed by atoms with Crippen LogP contribution >= 0.6 is 11.8 Å². The maximum Gasteiger partial charge on any atom is 0.223 e. The third-order valence-corrected chi connectivity index (χ3v) is 4.59. The predicted molar refractivity (Wildman–Crippen MR) is 74.9 cm³/mol. The molecule has 0 aromatic carbocycles. The van der Waals surface area contributed by atoms with Gasteiger partial charge < -0.3 is 14.8 Å². The summed E-state index contributed by atoms with van der Waals surface area (Å²) in [4.78, 5) is 12.0. The minimum absolute atomic E-state index is 0.0169. The number of ether oxygens (including phenoxy) is 2. The second-order valence-electron chi connectivity index (χ2n) is 4.97. The molecular weight excluding hydrogens is 250 g/mol. The lowest BCUT2D eigenvalue weighted by Crippen LogP contribution is -2.55. The number of amides is 1. The minimum Gasteiger partial charge on any atom is -0.381 e. The van der Waals surface area contributed by atoms with Crippen molar-refractivity contribution in [2.45, 2.75) is 38.3 Å². The number of hydrogen-bond donors (Lipinski definition) is 1. The maximum atomic E-state index is 12.0. The number of methoxy groups -OCH3 is 1. The average molecular weight is 275 g/mol. The summed E-state index contributed by atoms with van der Waals surface area (Å²) in [5.41, 5.74) is -0.271. The van der Waals surface area contributed by atoms with Gasteiger partial charge in [0.1, 0.15) is 0 Å². The van der Waals surface area contributed by atoms with Crippen LogP contribution in [0.1, 0.15) is 26.7 Å². The highest BCUT2D eigenvalue weighted by atomic mass is 32.2. The third kappa shape index (κ3) is 3.87. The fourth-order valence-corrected chi connectivity index (χ4v) is 3.00. The van der Waals surface area contributed by atoms with Gasteiger partial charge in [-0.15, -0.1) is 0 Å². The molecule has 1 heterocycles. The van der Waals surface area contributed by atoms with E-state index < -0.39 is 0 Å². The fraction of sp³-hybridized carbons (Fsp3) is 0.923. The first-order valence-electron chi connectivity index (χ1n) is 6.48. The van der Waals surface area contributed by atoms with Gasteiger partial charge in [0.25, 0.3) is 0 Å². The van der Waals surface area contributed by atoms with Gasteiger partial charge in [-0.05, 0) is 13.2 Å². The molecule has 0 aromatic heterocycles. The average Bonchev–Trinajstić information content (AvgIpc) is 2.39. The van der Waals surface area contributed by atoms with Crippen molar-refractivity contribution in [2.24, 2.45) is 5.92 Å². The molecule has 0 radical (unpaired) electrons. The van der Waals surface area contributed by atoms with E-state index in [-0.39, 0.29) is 23.5 Å². The van der Waals surface area contributed by atoms with Gasteiger partial charge in [-0.25, -0.2) is 0 Å². The molecule has 5 heteroatoms. The summed E-state index contributed by atoms with van der Waals surface area (Å²) in [5.74, 6) is 0.998. The first-order chi connectivity index (χ1) is 8.55. The highest BCUT2D eigenvalue weighted by Gasteiger charge is 2.39. The number of carbonyl (C=O) groups is 1. The maximum absolute atomic E-state index is 12.0. The van der Waals surface area contributed by atoms with Gasteiger partial charge in [-0.3, -0.25) is 4.79 Å². The van der Waals surface area contributed by atoms with Crippen molar-refractivity contribution >= 4 is 17.7 Å². The summed E-state index contributed by atoms with van der Waals surface area (Å²) in [5, 5.41) is 3.09. The first-order valence-corrected chi connectivity index (χ1v) is 7.87. The Labute approximate surface area is 114 Å². The second kappa shape index (κ2) is 7.36. The Balaban J connectivity index is 2.56. The Morgan fingerprint density at radius 2 is 2.06 bits per heavy atom. The zero-order chi connectivity index (χ0) is 13.6. The minimum atomic E-state index is -0.271. The van der Waals surface area contributed by atoms with Crippen molar-refractivity contribution in [3.05, 3.63) is 0 Å². The van der Waals surface area contributed by atoms with Gasteiger partial charge in [-0.2, -0.15) is 11.8 Å². The normalized spacial score (nSPS) is 22.2. The van der Waals surface area contributed by atoms with E-state index >= 15 is 0 Å². The second-order valence-corrected chi connectivity index (χ2v) is 5.88. The Morgan fingerprint density at radius 3 is 2.56 bits per heavy atom. The van der Waals surface area contributed by atoms with E-state index in [1.165, 1.54) is 0 Å². The van der Waals surface area contributed by atoms with Crippen molar-refractivity contribution in [3.8, 4) is 0 Å². The van der Waals surface area contributed by atoms with E-state index in [0.29, 0.717) is 13.2 Å². The molecule has 0 spiro atoms. The quantitative estimate of drug-likeness (QED) is 0.801. The van der Waals surface area contributed by atoms with Gasteiger partial charge in [0.05, 0.1) is 11.6 Å². The Hall–Kier alpha value is -0.260. The summed E-state index contributed by atoms with van der Waals surface area (Å²) in [6, 6.07) is 0.0169. The molecule has 0 aromatic rings. The van der Waals surface area contributed by atoms with Crippen LogP contribution in [0.25, 0.3) is 0 Å². The van der Waals surface area contributed by atoms with Gasteiger partial charge in [0.15, 0.2) is 0 Å². The summed E-state index contributed by atoms with van der Waals surface area (Å²) in [6.07, 6.45) is 3.69. The lowest BCUT2D eigenvalue weighted by atomic mass is 9.86. The van der Waals surface area contributed by atoms with Crippen molar-refractivity contribution in [2.75, 3.05) is 32.3 Å². The van der Waals surface area contributed by atoms with Gasteiger partial charge >= 0.3 is 0 Å². The van der Waals surface area contributed by atoms with Crippen molar-refractivity contribution in [1.82, 2.24) is 5.32 Å². The number of hydrogen-bond acceptors (Lipinski definition) is 4. The van der Waals surface area contributed by atoms with Crippen LogP contribution in [0.15, 0.2) is 0 Å². The lowest BCUT2D eigenvalue weighted by Gasteiger charge is -2.41. The Morgan fingerprint density at radius 1 is 1.44 bits per heavy atom. The summed E-state index contributed by atoms with van der Waals surface area (Å²) >= 11 is 1.69. The standard InChI is InChI=1S/C13H25NO3S/c1-10(9-18-4)12(15)14-11(2)13(16-3)5-7-17-8-6-13/h10-11H,5-9H2,1-4H3,(H,14,15). The van der Waals surface area contributed by atoms with Crippen LogP contribution in [0.3, 0.4) is 0 Å². The number of nitrogens with one attached hydrogen (secondary N) is 1. The molecule has 2 unspecified atom stereocenters. The zero-order valence-electron chi connectivity index (χ0n) is 11.8. The fourth-order valence-electron chi connectivity index (χ4n) is 2.34. The van der Waals surface area contributed by atoms with Gasteiger partial charge in [0, 0.05) is 44.8 Å². The molecule has 1 amide bonds. The molecule has 106 valence electrons. The summed E-state index contributed by atoms with van der Waals surface area (Å²) in [7, 11) is 1.72. The summed E-state index contributed by atoms with van der Waals surface area (Å²) < 4.78 is 11.1. The van der Waals surface area contributed by atoms with E-state index in [4.69, 9.17) is 9.47 Å². The highest BCUT2D eigenvalue weighted by Crippen LogP contribution is 2.28. The third-order valence-electron chi connectivity index (χ3n) is 3.76. The van der Waals surface area contributed by atoms with Crippen molar-refractivity contribution in [1.29, 1.82) is 0 Å². The van der Waals surface area contributed by atoms with Crippen LogP contribution in [0.5, 0.6) is 0 Å². The molecule has 1 aliphatic rings. The molecule has 0 aliphatic carbocycles. The molecule has 0 saturated carbocycles.